The van der Waals surface area contributed by atoms with E-state index in [1.165, 1.54) is 4.90 Å². The van der Waals surface area contributed by atoms with Crippen LogP contribution in [0.1, 0.15) is 40.7 Å². The predicted molar refractivity (Wildman–Crippen MR) is 140 cm³/mol. The number of aromatic amines is 1. The first kappa shape index (κ1) is 25.8. The molecule has 3 heterocycles. The Morgan fingerprint density at radius 2 is 1.84 bits per heavy atom. The van der Waals surface area contributed by atoms with Crippen molar-refractivity contribution in [2.45, 2.75) is 37.5 Å². The van der Waals surface area contributed by atoms with Crippen LogP contribution in [-0.2, 0) is 15.0 Å². The number of carbonyl (C=O) groups excluding carboxylic acids is 3. The highest BCUT2D eigenvalue weighted by Crippen LogP contribution is 2.41. The predicted octanol–water partition coefficient (Wildman–Crippen LogP) is 3.55. The van der Waals surface area contributed by atoms with Gasteiger partial charge >= 0.3 is 0 Å². The van der Waals surface area contributed by atoms with Crippen molar-refractivity contribution in [1.82, 2.24) is 20.0 Å². The average Bonchev–Trinajstić information content (AvgIpc) is 3.53. The first-order valence-electron chi connectivity index (χ1n) is 12.8. The SMILES string of the molecule is Cc1cccc(N(C)CC(=O)N2CCC(F)(F)C2)c1C1(C=O)CCN(C(=O)c2ccc3[nH]ncc3c2)CC1. The minimum atomic E-state index is -2.85. The number of fused-ring (bicyclic) bond motifs is 1. The van der Waals surface area contributed by atoms with Crippen molar-refractivity contribution in [3.05, 3.63) is 59.3 Å². The molecular formula is C28H31F2N5O3. The van der Waals surface area contributed by atoms with Gasteiger partial charge in [-0.1, -0.05) is 12.1 Å². The lowest BCUT2D eigenvalue weighted by Crippen LogP contribution is -2.47. The van der Waals surface area contributed by atoms with Crippen LogP contribution in [0, 0.1) is 6.92 Å². The van der Waals surface area contributed by atoms with Crippen LogP contribution in [0.3, 0.4) is 0 Å². The zero-order valence-electron chi connectivity index (χ0n) is 21.5. The van der Waals surface area contributed by atoms with Gasteiger partial charge in [0.05, 0.1) is 30.2 Å². The maximum atomic E-state index is 13.6. The number of benzene rings is 2. The summed E-state index contributed by atoms with van der Waals surface area (Å²) in [6, 6.07) is 11.1. The second kappa shape index (κ2) is 9.81. The van der Waals surface area contributed by atoms with E-state index in [4.69, 9.17) is 0 Å². The molecule has 2 fully saturated rings. The number of alkyl halides is 2. The number of nitrogens with zero attached hydrogens (tertiary/aromatic N) is 4. The molecule has 0 atom stereocenters. The lowest BCUT2D eigenvalue weighted by molar-refractivity contribution is -0.130. The molecule has 5 rings (SSSR count). The summed E-state index contributed by atoms with van der Waals surface area (Å²) in [5.74, 6) is -3.31. The van der Waals surface area contributed by atoms with Gasteiger partial charge in [-0.05, 0) is 55.2 Å². The van der Waals surface area contributed by atoms with Gasteiger partial charge in [0.15, 0.2) is 0 Å². The van der Waals surface area contributed by atoms with Crippen molar-refractivity contribution in [2.75, 3.05) is 44.7 Å². The van der Waals surface area contributed by atoms with Gasteiger partial charge in [-0.25, -0.2) is 8.78 Å². The number of amides is 2. The topological polar surface area (TPSA) is 89.6 Å². The molecule has 2 aliphatic heterocycles. The van der Waals surface area contributed by atoms with E-state index in [0.29, 0.717) is 31.5 Å². The molecule has 2 amide bonds. The summed E-state index contributed by atoms with van der Waals surface area (Å²) < 4.78 is 27.3. The molecule has 3 aromatic rings. The Morgan fingerprint density at radius 1 is 1.11 bits per heavy atom. The third-order valence-electron chi connectivity index (χ3n) is 7.91. The molecule has 10 heteroatoms. The highest BCUT2D eigenvalue weighted by Gasteiger charge is 2.42. The molecule has 0 unspecified atom stereocenters. The Morgan fingerprint density at radius 3 is 2.53 bits per heavy atom. The molecule has 2 saturated heterocycles. The lowest BCUT2D eigenvalue weighted by Gasteiger charge is -2.41. The van der Waals surface area contributed by atoms with Crippen molar-refractivity contribution < 1.29 is 23.2 Å². The molecule has 0 aliphatic carbocycles. The van der Waals surface area contributed by atoms with Crippen molar-refractivity contribution in [3.63, 3.8) is 0 Å². The number of hydrogen-bond acceptors (Lipinski definition) is 5. The molecule has 2 aromatic carbocycles. The third kappa shape index (κ3) is 4.75. The smallest absolute Gasteiger partial charge is 0.267 e. The number of H-pyrrole nitrogens is 1. The fourth-order valence-corrected chi connectivity index (χ4v) is 5.75. The first-order chi connectivity index (χ1) is 18.1. The fraction of sp³-hybridized carbons (Fsp3) is 0.429. The Kier molecular flexibility index (Phi) is 6.66. The number of aryl methyl sites for hydroxylation is 1. The Labute approximate surface area is 219 Å². The first-order valence-corrected chi connectivity index (χ1v) is 12.8. The molecule has 1 aromatic heterocycles. The Hall–Kier alpha value is -3.82. The van der Waals surface area contributed by atoms with Crippen LogP contribution >= 0.6 is 0 Å². The van der Waals surface area contributed by atoms with E-state index in [-0.39, 0.29) is 31.3 Å². The number of halogens is 2. The summed E-state index contributed by atoms with van der Waals surface area (Å²) in [4.78, 5) is 43.4. The second-order valence-corrected chi connectivity index (χ2v) is 10.5. The van der Waals surface area contributed by atoms with Gasteiger partial charge in [0.2, 0.25) is 5.91 Å². The summed E-state index contributed by atoms with van der Waals surface area (Å²) in [5, 5.41) is 7.74. The minimum absolute atomic E-state index is 0.0377. The highest BCUT2D eigenvalue weighted by molar-refractivity contribution is 5.98. The number of nitrogens with one attached hydrogen (secondary N) is 1. The zero-order chi connectivity index (χ0) is 27.1. The van der Waals surface area contributed by atoms with Crippen molar-refractivity contribution >= 4 is 34.7 Å². The van der Waals surface area contributed by atoms with Gasteiger partial charge in [0.1, 0.15) is 6.29 Å². The molecule has 0 radical (unpaired) electrons. The fourth-order valence-electron chi connectivity index (χ4n) is 5.75. The normalized spacial score (nSPS) is 18.5. The van der Waals surface area contributed by atoms with Crippen molar-refractivity contribution in [1.29, 1.82) is 0 Å². The molecule has 0 bridgehead atoms. The Balaban J connectivity index is 1.34. The molecule has 8 nitrogen and oxygen atoms in total. The number of hydrogen-bond donors (Lipinski definition) is 1. The van der Waals surface area contributed by atoms with Gasteiger partial charge in [-0.2, -0.15) is 5.10 Å². The molecule has 2 aliphatic rings. The van der Waals surface area contributed by atoms with Crippen LogP contribution in [0.2, 0.25) is 0 Å². The van der Waals surface area contributed by atoms with E-state index in [1.807, 2.05) is 37.3 Å². The minimum Gasteiger partial charge on any atom is -0.365 e. The molecular weight excluding hydrogens is 492 g/mol. The van der Waals surface area contributed by atoms with Gasteiger partial charge in [0, 0.05) is 49.7 Å². The maximum Gasteiger partial charge on any atom is 0.267 e. The molecule has 38 heavy (non-hydrogen) atoms. The summed E-state index contributed by atoms with van der Waals surface area (Å²) in [6.45, 7) is 2.15. The van der Waals surface area contributed by atoms with Crippen molar-refractivity contribution in [3.8, 4) is 0 Å². The summed E-state index contributed by atoms with van der Waals surface area (Å²) in [7, 11) is 1.74. The Bertz CT molecular complexity index is 1380. The highest BCUT2D eigenvalue weighted by atomic mass is 19.3. The summed E-state index contributed by atoms with van der Waals surface area (Å²) >= 11 is 0. The second-order valence-electron chi connectivity index (χ2n) is 10.5. The monoisotopic (exact) mass is 523 g/mol. The number of rotatable bonds is 6. The van der Waals surface area contributed by atoms with E-state index < -0.39 is 17.9 Å². The molecule has 0 saturated carbocycles. The van der Waals surface area contributed by atoms with Crippen LogP contribution < -0.4 is 4.90 Å². The maximum absolute atomic E-state index is 13.6. The van der Waals surface area contributed by atoms with Crippen LogP contribution in [0.25, 0.3) is 10.9 Å². The number of piperidine rings is 1. The van der Waals surface area contributed by atoms with Crippen molar-refractivity contribution in [2.24, 2.45) is 0 Å². The van der Waals surface area contributed by atoms with Crippen LogP contribution in [0.5, 0.6) is 0 Å². The number of carbonyl (C=O) groups is 3. The van der Waals surface area contributed by atoms with Gasteiger partial charge in [0.25, 0.3) is 11.8 Å². The number of aromatic nitrogens is 2. The van der Waals surface area contributed by atoms with E-state index in [2.05, 4.69) is 10.2 Å². The van der Waals surface area contributed by atoms with Crippen LogP contribution in [0.4, 0.5) is 14.5 Å². The van der Waals surface area contributed by atoms with Crippen LogP contribution in [0.15, 0.2) is 42.6 Å². The summed E-state index contributed by atoms with van der Waals surface area (Å²) in [5.41, 5.74) is 3.05. The number of anilines is 1. The molecule has 0 spiro atoms. The third-order valence-corrected chi connectivity index (χ3v) is 7.91. The van der Waals surface area contributed by atoms with E-state index in [1.54, 1.807) is 29.1 Å². The van der Waals surface area contributed by atoms with E-state index in [0.717, 1.165) is 34.0 Å². The summed E-state index contributed by atoms with van der Waals surface area (Å²) in [6.07, 6.45) is 3.20. The largest absolute Gasteiger partial charge is 0.365 e. The number of aldehydes is 1. The van der Waals surface area contributed by atoms with Crippen LogP contribution in [-0.4, -0.2) is 83.8 Å². The van der Waals surface area contributed by atoms with E-state index >= 15 is 0 Å². The van der Waals surface area contributed by atoms with E-state index in [9.17, 15) is 23.2 Å². The molecule has 1 N–H and O–H groups in total. The van der Waals surface area contributed by atoms with Gasteiger partial charge in [-0.3, -0.25) is 14.7 Å². The number of likely N-dealkylation sites (tertiary alicyclic amines) is 2. The number of likely N-dealkylation sites (N-methyl/N-ethyl adjacent to an activating group) is 1. The quantitative estimate of drug-likeness (QED) is 0.500. The van der Waals surface area contributed by atoms with Gasteiger partial charge < -0.3 is 19.5 Å². The lowest BCUT2D eigenvalue weighted by atomic mass is 9.71. The standard InChI is InChI=1S/C28H31F2N5O3/c1-19-4-3-5-23(33(2)16-24(37)35-13-10-28(29,30)17-35)25(19)27(18-36)8-11-34(12-9-27)26(38)20-6-7-22-21(14-20)15-31-32-22/h3-7,14-15,18H,8-13,16-17H2,1-2H3,(H,31,32). The zero-order valence-corrected chi connectivity index (χ0v) is 21.5. The average molecular weight is 524 g/mol. The van der Waals surface area contributed by atoms with Gasteiger partial charge in [-0.15, -0.1) is 0 Å². The molecule has 200 valence electrons.